The number of carbonyl (C=O) groups is 1. The summed E-state index contributed by atoms with van der Waals surface area (Å²) >= 11 is 3.36. The molecule has 1 aromatic heterocycles. The highest BCUT2D eigenvalue weighted by Gasteiger charge is 2.31. The smallest absolute Gasteiger partial charge is 0.242 e. The van der Waals surface area contributed by atoms with Crippen LogP contribution in [0.2, 0.25) is 0 Å². The molecule has 0 saturated carbocycles. The minimum absolute atomic E-state index is 0.114. The molecular formula is C16H16BrN3O3S. The first-order valence-corrected chi connectivity index (χ1v) is 9.65. The molecule has 1 aliphatic rings. The van der Waals surface area contributed by atoms with Gasteiger partial charge < -0.3 is 4.90 Å². The zero-order chi connectivity index (χ0) is 17.3. The average Bonchev–Trinajstić information content (AvgIpc) is 2.97. The molecule has 1 amide bonds. The van der Waals surface area contributed by atoms with Gasteiger partial charge in [0, 0.05) is 36.9 Å². The minimum atomic E-state index is -3.77. The molecule has 0 atom stereocenters. The molecule has 0 fully saturated rings. The maximum Gasteiger partial charge on any atom is 0.242 e. The fraction of sp³-hybridized carbons (Fsp3) is 0.250. The predicted molar refractivity (Wildman–Crippen MR) is 94.1 cm³/mol. The van der Waals surface area contributed by atoms with Gasteiger partial charge in [-0.25, -0.2) is 13.1 Å². The standard InChI is InChI=1S/C16H16BrN3O3S/c1-11(21)20-6-4-13-7-14(17)8-15(16(13)20)24(22,23)19-10-12-3-2-5-18-9-12/h2-3,5,7-9,19H,4,6,10H2,1H3. The molecule has 0 aliphatic carbocycles. The molecule has 1 N–H and O–H groups in total. The van der Waals surface area contributed by atoms with Crippen LogP contribution < -0.4 is 9.62 Å². The number of rotatable bonds is 4. The van der Waals surface area contributed by atoms with Gasteiger partial charge in [-0.05, 0) is 35.7 Å². The molecule has 8 heteroatoms. The van der Waals surface area contributed by atoms with Gasteiger partial charge in [-0.15, -0.1) is 0 Å². The fourth-order valence-electron chi connectivity index (χ4n) is 2.75. The summed E-state index contributed by atoms with van der Waals surface area (Å²) in [4.78, 5) is 17.4. The minimum Gasteiger partial charge on any atom is -0.311 e. The zero-order valence-electron chi connectivity index (χ0n) is 13.0. The topological polar surface area (TPSA) is 79.4 Å². The van der Waals surface area contributed by atoms with E-state index in [0.29, 0.717) is 23.1 Å². The molecule has 126 valence electrons. The lowest BCUT2D eigenvalue weighted by Crippen LogP contribution is -2.30. The van der Waals surface area contributed by atoms with E-state index in [2.05, 4.69) is 25.6 Å². The Morgan fingerprint density at radius 3 is 2.88 bits per heavy atom. The molecule has 24 heavy (non-hydrogen) atoms. The third kappa shape index (κ3) is 3.35. The van der Waals surface area contributed by atoms with E-state index in [4.69, 9.17) is 0 Å². The fourth-order valence-corrected chi connectivity index (χ4v) is 4.69. The van der Waals surface area contributed by atoms with Gasteiger partial charge in [0.05, 0.1) is 5.69 Å². The van der Waals surface area contributed by atoms with Gasteiger partial charge in [-0.2, -0.15) is 0 Å². The molecule has 1 aliphatic heterocycles. The Balaban J connectivity index is 1.97. The number of halogens is 1. The van der Waals surface area contributed by atoms with E-state index in [0.717, 1.165) is 11.1 Å². The lowest BCUT2D eigenvalue weighted by molar-refractivity contribution is -0.116. The van der Waals surface area contributed by atoms with Crippen LogP contribution in [0.3, 0.4) is 0 Å². The molecule has 0 saturated heterocycles. The number of hydrogen-bond donors (Lipinski definition) is 1. The van der Waals surface area contributed by atoms with Gasteiger partial charge >= 0.3 is 0 Å². The van der Waals surface area contributed by atoms with Gasteiger partial charge in [0.2, 0.25) is 15.9 Å². The predicted octanol–water partition coefficient (Wildman–Crippen LogP) is 2.23. The first-order valence-electron chi connectivity index (χ1n) is 7.37. The first-order chi connectivity index (χ1) is 11.4. The molecule has 1 aromatic carbocycles. The highest BCUT2D eigenvalue weighted by Crippen LogP contribution is 2.37. The second-order valence-corrected chi connectivity index (χ2v) is 8.17. The summed E-state index contributed by atoms with van der Waals surface area (Å²) in [5.74, 6) is -0.167. The van der Waals surface area contributed by atoms with Gasteiger partial charge in [0.1, 0.15) is 4.90 Å². The second kappa shape index (κ2) is 6.62. The van der Waals surface area contributed by atoms with Gasteiger partial charge in [0.15, 0.2) is 0 Å². The van der Waals surface area contributed by atoms with Crippen LogP contribution in [-0.2, 0) is 27.8 Å². The van der Waals surface area contributed by atoms with Gasteiger partial charge in [-0.1, -0.05) is 22.0 Å². The largest absolute Gasteiger partial charge is 0.311 e. The average molecular weight is 410 g/mol. The van der Waals surface area contributed by atoms with Crippen molar-refractivity contribution in [3.63, 3.8) is 0 Å². The lowest BCUT2D eigenvalue weighted by Gasteiger charge is -2.19. The molecular weight excluding hydrogens is 394 g/mol. The highest BCUT2D eigenvalue weighted by molar-refractivity contribution is 9.10. The summed E-state index contributed by atoms with van der Waals surface area (Å²) < 4.78 is 28.8. The maximum absolute atomic E-state index is 12.8. The Morgan fingerprint density at radius 2 is 2.21 bits per heavy atom. The number of nitrogens with zero attached hydrogens (tertiary/aromatic N) is 2. The Kier molecular flexibility index (Phi) is 4.71. The molecule has 0 spiro atoms. The summed E-state index contributed by atoms with van der Waals surface area (Å²) in [7, 11) is -3.77. The van der Waals surface area contributed by atoms with E-state index < -0.39 is 10.0 Å². The van der Waals surface area contributed by atoms with Crippen molar-refractivity contribution in [3.8, 4) is 0 Å². The summed E-state index contributed by atoms with van der Waals surface area (Å²) in [5, 5.41) is 0. The van der Waals surface area contributed by atoms with Crippen molar-refractivity contribution in [1.29, 1.82) is 0 Å². The Morgan fingerprint density at radius 1 is 1.42 bits per heavy atom. The monoisotopic (exact) mass is 409 g/mol. The number of fused-ring (bicyclic) bond motifs is 1. The van der Waals surface area contributed by atoms with Crippen molar-refractivity contribution in [2.24, 2.45) is 0 Å². The van der Waals surface area contributed by atoms with Crippen molar-refractivity contribution in [3.05, 3.63) is 52.3 Å². The highest BCUT2D eigenvalue weighted by atomic mass is 79.9. The van der Waals surface area contributed by atoms with Crippen molar-refractivity contribution in [2.75, 3.05) is 11.4 Å². The molecule has 0 unspecified atom stereocenters. The number of anilines is 1. The molecule has 2 heterocycles. The van der Waals surface area contributed by atoms with Crippen LogP contribution in [0.1, 0.15) is 18.1 Å². The third-order valence-electron chi connectivity index (χ3n) is 3.85. The normalized spacial score (nSPS) is 13.8. The molecule has 0 bridgehead atoms. The zero-order valence-corrected chi connectivity index (χ0v) is 15.4. The Labute approximate surface area is 149 Å². The van der Waals surface area contributed by atoms with E-state index in [-0.39, 0.29) is 17.3 Å². The summed E-state index contributed by atoms with van der Waals surface area (Å²) in [5.41, 5.74) is 2.09. The van der Waals surface area contributed by atoms with E-state index in [1.807, 2.05) is 6.07 Å². The molecule has 0 radical (unpaired) electrons. The number of hydrogen-bond acceptors (Lipinski definition) is 4. The third-order valence-corrected chi connectivity index (χ3v) is 5.72. The molecule has 2 aromatic rings. The van der Waals surface area contributed by atoms with Crippen LogP contribution >= 0.6 is 15.9 Å². The van der Waals surface area contributed by atoms with Crippen LogP contribution in [0.25, 0.3) is 0 Å². The number of carbonyl (C=O) groups excluding carboxylic acids is 1. The van der Waals surface area contributed by atoms with Crippen LogP contribution in [-0.4, -0.2) is 25.9 Å². The van der Waals surface area contributed by atoms with Gasteiger partial charge in [-0.3, -0.25) is 9.78 Å². The van der Waals surface area contributed by atoms with Crippen LogP contribution in [0.15, 0.2) is 46.0 Å². The van der Waals surface area contributed by atoms with E-state index in [1.165, 1.54) is 17.9 Å². The summed E-state index contributed by atoms with van der Waals surface area (Å²) in [6.45, 7) is 2.07. The van der Waals surface area contributed by atoms with Crippen molar-refractivity contribution >= 4 is 37.5 Å². The van der Waals surface area contributed by atoms with E-state index in [1.54, 1.807) is 24.5 Å². The first kappa shape index (κ1) is 17.1. The SMILES string of the molecule is CC(=O)N1CCc2cc(Br)cc(S(=O)(=O)NCc3cccnc3)c21. The van der Waals surface area contributed by atoms with Crippen molar-refractivity contribution in [1.82, 2.24) is 9.71 Å². The Bertz CT molecular complexity index is 885. The van der Waals surface area contributed by atoms with Crippen molar-refractivity contribution < 1.29 is 13.2 Å². The van der Waals surface area contributed by atoms with E-state index >= 15 is 0 Å². The van der Waals surface area contributed by atoms with Crippen LogP contribution in [0, 0.1) is 0 Å². The van der Waals surface area contributed by atoms with Crippen molar-refractivity contribution in [2.45, 2.75) is 24.8 Å². The number of amides is 1. The number of nitrogens with one attached hydrogen (secondary N) is 1. The quantitative estimate of drug-likeness (QED) is 0.839. The molecule has 6 nitrogen and oxygen atoms in total. The van der Waals surface area contributed by atoms with Gasteiger partial charge in [0.25, 0.3) is 0 Å². The molecule has 3 rings (SSSR count). The summed E-state index contributed by atoms with van der Waals surface area (Å²) in [6, 6.07) is 6.94. The number of aromatic nitrogens is 1. The second-order valence-electron chi connectivity index (χ2n) is 5.52. The summed E-state index contributed by atoms with van der Waals surface area (Å²) in [6.07, 6.45) is 3.87. The number of sulfonamides is 1. The number of pyridine rings is 1. The lowest BCUT2D eigenvalue weighted by atomic mass is 10.2. The van der Waals surface area contributed by atoms with Crippen LogP contribution in [0.5, 0.6) is 0 Å². The van der Waals surface area contributed by atoms with Crippen LogP contribution in [0.4, 0.5) is 5.69 Å². The maximum atomic E-state index is 12.8. The van der Waals surface area contributed by atoms with E-state index in [9.17, 15) is 13.2 Å². The number of benzene rings is 1. The Hall–Kier alpha value is -1.77.